The molecule has 1 atom stereocenters. The van der Waals surface area contributed by atoms with Crippen LogP contribution in [0.2, 0.25) is 5.02 Å². The van der Waals surface area contributed by atoms with Crippen molar-refractivity contribution in [2.45, 2.75) is 31.6 Å². The minimum Gasteiger partial charge on any atom is -0.435 e. The Hall–Kier alpha value is -2.52. The van der Waals surface area contributed by atoms with E-state index in [1.807, 2.05) is 6.92 Å². The van der Waals surface area contributed by atoms with Gasteiger partial charge in [0.25, 0.3) is 15.9 Å². The zero-order valence-corrected chi connectivity index (χ0v) is 17.5. The van der Waals surface area contributed by atoms with E-state index < -0.39 is 27.8 Å². The molecule has 0 aromatic heterocycles. The summed E-state index contributed by atoms with van der Waals surface area (Å²) < 4.78 is 56.1. The number of nitrogens with zero attached hydrogens (tertiary/aromatic N) is 2. The molecule has 0 radical (unpaired) electrons. The number of carbonyl (C=O) groups is 1. The molecule has 2 aromatic carbocycles. The van der Waals surface area contributed by atoms with Crippen molar-refractivity contribution in [1.29, 1.82) is 0 Å². The molecule has 0 saturated carbocycles. The zero-order valence-electron chi connectivity index (χ0n) is 16.0. The molecule has 1 saturated heterocycles. The summed E-state index contributed by atoms with van der Waals surface area (Å²) in [5.41, 5.74) is 0.390. The van der Waals surface area contributed by atoms with Crippen molar-refractivity contribution in [2.24, 2.45) is 4.99 Å². The second kappa shape index (κ2) is 9.09. The Kier molecular flexibility index (Phi) is 6.72. The van der Waals surface area contributed by atoms with Gasteiger partial charge in [0.2, 0.25) is 0 Å². The van der Waals surface area contributed by atoms with Gasteiger partial charge in [-0.2, -0.15) is 8.78 Å². The first-order chi connectivity index (χ1) is 14.2. The predicted molar refractivity (Wildman–Crippen MR) is 110 cm³/mol. The maximum Gasteiger partial charge on any atom is 0.387 e. The quantitative estimate of drug-likeness (QED) is 0.603. The Morgan fingerprint density at radius 1 is 1.20 bits per heavy atom. The second-order valence-corrected chi connectivity index (χ2v) is 8.96. The summed E-state index contributed by atoms with van der Waals surface area (Å²) in [6.45, 7) is -1.03. The van der Waals surface area contributed by atoms with Gasteiger partial charge in [-0.1, -0.05) is 37.1 Å². The molecule has 1 aliphatic heterocycles. The van der Waals surface area contributed by atoms with Gasteiger partial charge in [0.15, 0.2) is 5.25 Å². The van der Waals surface area contributed by atoms with Crippen molar-refractivity contribution >= 4 is 38.9 Å². The first kappa shape index (κ1) is 22.2. The lowest BCUT2D eigenvalue weighted by Crippen LogP contribution is -2.31. The second-order valence-electron chi connectivity index (χ2n) is 6.58. The number of unbranched alkanes of at least 4 members (excludes halogenated alkanes) is 1. The molecule has 1 aliphatic rings. The maximum absolute atomic E-state index is 13.2. The third kappa shape index (κ3) is 4.62. The van der Waals surface area contributed by atoms with Crippen molar-refractivity contribution < 1.29 is 26.7 Å². The number of hydrogen-bond donors (Lipinski definition) is 0. The normalized spacial score (nSPS) is 19.6. The van der Waals surface area contributed by atoms with Crippen LogP contribution in [0.5, 0.6) is 5.75 Å². The molecule has 0 aliphatic carbocycles. The van der Waals surface area contributed by atoms with Gasteiger partial charge in [-0.25, -0.2) is 17.7 Å². The van der Waals surface area contributed by atoms with Crippen LogP contribution in [0.1, 0.15) is 30.6 Å². The number of sulfonamides is 1. The predicted octanol–water partition coefficient (Wildman–Crippen LogP) is 4.73. The third-order valence-corrected chi connectivity index (χ3v) is 6.77. The number of aliphatic imine (C=N–C) groups is 1. The number of alkyl halides is 2. The summed E-state index contributed by atoms with van der Waals surface area (Å²) in [5.74, 6) is -0.781. The molecule has 3 rings (SSSR count). The lowest BCUT2D eigenvalue weighted by Gasteiger charge is -2.16. The van der Waals surface area contributed by atoms with Gasteiger partial charge in [0.1, 0.15) is 11.5 Å². The van der Waals surface area contributed by atoms with Gasteiger partial charge in [-0.05, 0) is 48.4 Å². The number of amides is 1. The van der Waals surface area contributed by atoms with Gasteiger partial charge in [0, 0.05) is 11.6 Å². The van der Waals surface area contributed by atoms with E-state index >= 15 is 0 Å². The Bertz CT molecular complexity index is 1060. The molecule has 1 fully saturated rings. The van der Waals surface area contributed by atoms with Crippen molar-refractivity contribution in [3.05, 3.63) is 59.1 Å². The average molecular weight is 457 g/mol. The molecule has 1 heterocycles. The highest BCUT2D eigenvalue weighted by Crippen LogP contribution is 2.37. The van der Waals surface area contributed by atoms with Gasteiger partial charge in [0.05, 0.1) is 5.69 Å². The SMILES string of the molecule is CCCCN1C(=O)C(=Nc2ccc(OC(F)F)cc2)C(c2cccc(Cl)c2)S1(=O)=O. The smallest absolute Gasteiger partial charge is 0.387 e. The summed E-state index contributed by atoms with van der Waals surface area (Å²) in [6.07, 6.45) is 1.22. The minimum atomic E-state index is -4.04. The average Bonchev–Trinajstić information content (AvgIpc) is 2.86. The van der Waals surface area contributed by atoms with E-state index in [0.29, 0.717) is 23.4 Å². The zero-order chi connectivity index (χ0) is 21.9. The molecule has 0 spiro atoms. The molecular formula is C20H19ClF2N2O4S. The number of halogens is 3. The summed E-state index contributed by atoms with van der Waals surface area (Å²) in [7, 11) is -4.04. The van der Waals surface area contributed by atoms with E-state index in [-0.39, 0.29) is 23.7 Å². The van der Waals surface area contributed by atoms with Crippen molar-refractivity contribution in [3.8, 4) is 5.75 Å². The molecule has 30 heavy (non-hydrogen) atoms. The molecule has 0 N–H and O–H groups in total. The fourth-order valence-corrected chi connectivity index (χ4v) is 5.19. The van der Waals surface area contributed by atoms with Crippen molar-refractivity contribution in [3.63, 3.8) is 0 Å². The van der Waals surface area contributed by atoms with Crippen LogP contribution in [0.15, 0.2) is 53.5 Å². The highest BCUT2D eigenvalue weighted by atomic mass is 35.5. The van der Waals surface area contributed by atoms with E-state index in [9.17, 15) is 22.0 Å². The van der Waals surface area contributed by atoms with Crippen LogP contribution in [0, 0.1) is 0 Å². The van der Waals surface area contributed by atoms with E-state index in [4.69, 9.17) is 11.6 Å². The van der Waals surface area contributed by atoms with E-state index in [1.54, 1.807) is 18.2 Å². The lowest BCUT2D eigenvalue weighted by molar-refractivity contribution is -0.119. The molecule has 10 heteroatoms. The monoisotopic (exact) mass is 456 g/mol. The highest BCUT2D eigenvalue weighted by Gasteiger charge is 2.50. The molecule has 1 amide bonds. The topological polar surface area (TPSA) is 76.0 Å². The molecule has 0 bridgehead atoms. The Balaban J connectivity index is 2.06. The Labute approximate surface area is 178 Å². The first-order valence-corrected chi connectivity index (χ1v) is 11.1. The van der Waals surface area contributed by atoms with Crippen LogP contribution < -0.4 is 4.74 Å². The fraction of sp³-hybridized carbons (Fsp3) is 0.300. The summed E-state index contributed by atoms with van der Waals surface area (Å²) in [6, 6.07) is 11.5. The largest absolute Gasteiger partial charge is 0.435 e. The number of rotatable bonds is 7. The van der Waals surface area contributed by atoms with Crippen LogP contribution in [-0.4, -0.2) is 37.5 Å². The van der Waals surface area contributed by atoms with Gasteiger partial charge in [-0.15, -0.1) is 0 Å². The molecule has 160 valence electrons. The molecule has 6 nitrogen and oxygen atoms in total. The van der Waals surface area contributed by atoms with Crippen LogP contribution >= 0.6 is 11.6 Å². The third-order valence-electron chi connectivity index (χ3n) is 4.48. The maximum atomic E-state index is 13.2. The van der Waals surface area contributed by atoms with Crippen LogP contribution in [0.4, 0.5) is 14.5 Å². The van der Waals surface area contributed by atoms with Crippen LogP contribution in [-0.2, 0) is 14.8 Å². The Morgan fingerprint density at radius 2 is 1.90 bits per heavy atom. The first-order valence-electron chi connectivity index (χ1n) is 9.19. The standard InChI is InChI=1S/C20H19ClF2N2O4S/c1-2-3-11-25-19(26)17(24-15-7-9-16(10-8-15)29-20(22)23)18(30(25,27)28)13-5-4-6-14(21)12-13/h4-10,12,18,20H,2-3,11H2,1H3. The highest BCUT2D eigenvalue weighted by molar-refractivity contribution is 7.91. The van der Waals surface area contributed by atoms with Crippen LogP contribution in [0.3, 0.4) is 0 Å². The van der Waals surface area contributed by atoms with Gasteiger partial charge in [-0.3, -0.25) is 4.79 Å². The molecule has 1 unspecified atom stereocenters. The van der Waals surface area contributed by atoms with Crippen molar-refractivity contribution in [2.75, 3.05) is 6.54 Å². The van der Waals surface area contributed by atoms with E-state index in [2.05, 4.69) is 9.73 Å². The summed E-state index contributed by atoms with van der Waals surface area (Å²) in [4.78, 5) is 17.2. The number of ether oxygens (including phenoxy) is 1. The molecular weight excluding hydrogens is 438 g/mol. The minimum absolute atomic E-state index is 0.0505. The van der Waals surface area contributed by atoms with Gasteiger partial charge >= 0.3 is 6.61 Å². The Morgan fingerprint density at radius 3 is 2.50 bits per heavy atom. The number of benzene rings is 2. The van der Waals surface area contributed by atoms with Crippen LogP contribution in [0.25, 0.3) is 0 Å². The fourth-order valence-electron chi connectivity index (χ4n) is 3.10. The summed E-state index contributed by atoms with van der Waals surface area (Å²) >= 11 is 6.03. The van der Waals surface area contributed by atoms with Gasteiger partial charge < -0.3 is 4.74 Å². The van der Waals surface area contributed by atoms with E-state index in [0.717, 1.165) is 4.31 Å². The molecule has 2 aromatic rings. The van der Waals surface area contributed by atoms with E-state index in [1.165, 1.54) is 30.3 Å². The number of carbonyl (C=O) groups excluding carboxylic acids is 1. The van der Waals surface area contributed by atoms with Crippen molar-refractivity contribution in [1.82, 2.24) is 4.31 Å². The lowest BCUT2D eigenvalue weighted by atomic mass is 10.1. The summed E-state index contributed by atoms with van der Waals surface area (Å²) in [5, 5.41) is -0.979. The number of hydrogen-bond acceptors (Lipinski definition) is 5.